The van der Waals surface area contributed by atoms with Crippen LogP contribution in [0.5, 0.6) is 5.75 Å². The lowest BCUT2D eigenvalue weighted by atomic mass is 9.70. The molecule has 0 spiro atoms. The van der Waals surface area contributed by atoms with E-state index in [9.17, 15) is 0 Å². The molecule has 1 aliphatic carbocycles. The third-order valence-corrected chi connectivity index (χ3v) is 4.93. The van der Waals surface area contributed by atoms with Gasteiger partial charge in [-0.2, -0.15) is 0 Å². The maximum Gasteiger partial charge on any atom is 0.125 e. The Hall–Kier alpha value is -0.730. The van der Waals surface area contributed by atoms with Crippen LogP contribution in [0.3, 0.4) is 0 Å². The van der Waals surface area contributed by atoms with Crippen LogP contribution in [-0.2, 0) is 12.8 Å². The Morgan fingerprint density at radius 1 is 1.30 bits per heavy atom. The molecule has 0 radical (unpaired) electrons. The Balaban J connectivity index is 1.63. The van der Waals surface area contributed by atoms with Gasteiger partial charge in [-0.25, -0.2) is 0 Å². The molecule has 1 heterocycles. The smallest absolute Gasteiger partial charge is 0.125 e. The topological polar surface area (TPSA) is 21.3 Å². The van der Waals surface area contributed by atoms with E-state index in [1.54, 1.807) is 0 Å². The molecule has 1 aromatic carbocycles. The van der Waals surface area contributed by atoms with Crippen molar-refractivity contribution in [1.29, 1.82) is 0 Å². The van der Waals surface area contributed by atoms with Gasteiger partial charge in [0.25, 0.3) is 0 Å². The van der Waals surface area contributed by atoms with Crippen molar-refractivity contribution in [3.8, 4) is 5.75 Å². The van der Waals surface area contributed by atoms with Crippen LogP contribution in [0.15, 0.2) is 12.1 Å². The van der Waals surface area contributed by atoms with Crippen molar-refractivity contribution in [3.63, 3.8) is 0 Å². The summed E-state index contributed by atoms with van der Waals surface area (Å²) in [6, 6.07) is 4.18. The second kappa shape index (κ2) is 6.36. The van der Waals surface area contributed by atoms with E-state index in [1.807, 2.05) is 0 Å². The molecule has 2 unspecified atom stereocenters. The highest BCUT2D eigenvalue weighted by Crippen LogP contribution is 2.41. The van der Waals surface area contributed by atoms with Crippen LogP contribution in [0.4, 0.5) is 0 Å². The number of hydrogen-bond donors (Lipinski definition) is 1. The van der Waals surface area contributed by atoms with Gasteiger partial charge >= 0.3 is 0 Å². The standard InChI is InChI=1S/C17H24ClNO/c1-2-6-19-11-14-4-3-12(14)8-15-10-16(18)9-13-5-7-20-17(13)15/h9-10,12,14,19H,2-8,11H2,1H3. The van der Waals surface area contributed by atoms with Crippen molar-refractivity contribution >= 4 is 11.6 Å². The van der Waals surface area contributed by atoms with E-state index in [1.165, 1.54) is 36.9 Å². The molecule has 1 N–H and O–H groups in total. The van der Waals surface area contributed by atoms with Crippen molar-refractivity contribution in [2.75, 3.05) is 19.7 Å². The largest absolute Gasteiger partial charge is 0.493 e. The average Bonchev–Trinajstić information content (AvgIpc) is 2.87. The van der Waals surface area contributed by atoms with Gasteiger partial charge in [0.05, 0.1) is 6.61 Å². The van der Waals surface area contributed by atoms with Gasteiger partial charge in [0.1, 0.15) is 5.75 Å². The second-order valence-electron chi connectivity index (χ2n) is 6.16. The first kappa shape index (κ1) is 14.2. The number of halogens is 1. The molecule has 0 amide bonds. The van der Waals surface area contributed by atoms with Crippen molar-refractivity contribution in [1.82, 2.24) is 5.32 Å². The molecule has 0 bridgehead atoms. The third-order valence-electron chi connectivity index (χ3n) is 4.72. The summed E-state index contributed by atoms with van der Waals surface area (Å²) < 4.78 is 5.81. The summed E-state index contributed by atoms with van der Waals surface area (Å²) >= 11 is 6.24. The van der Waals surface area contributed by atoms with Crippen molar-refractivity contribution in [2.45, 2.75) is 39.0 Å². The molecule has 2 aliphatic rings. The zero-order valence-electron chi connectivity index (χ0n) is 12.3. The lowest BCUT2D eigenvalue weighted by Crippen LogP contribution is -2.36. The van der Waals surface area contributed by atoms with Gasteiger partial charge in [-0.15, -0.1) is 0 Å². The van der Waals surface area contributed by atoms with E-state index in [2.05, 4.69) is 24.4 Å². The zero-order valence-corrected chi connectivity index (χ0v) is 13.0. The summed E-state index contributed by atoms with van der Waals surface area (Å²) in [5.41, 5.74) is 2.63. The summed E-state index contributed by atoms with van der Waals surface area (Å²) in [7, 11) is 0. The molecule has 3 rings (SSSR count). The lowest BCUT2D eigenvalue weighted by molar-refractivity contribution is 0.170. The molecule has 1 aromatic rings. The quantitative estimate of drug-likeness (QED) is 0.805. The minimum atomic E-state index is 0.797. The van der Waals surface area contributed by atoms with Gasteiger partial charge in [-0.05, 0) is 73.9 Å². The molecule has 20 heavy (non-hydrogen) atoms. The monoisotopic (exact) mass is 293 g/mol. The van der Waals surface area contributed by atoms with Crippen LogP contribution in [0.1, 0.15) is 37.3 Å². The molecule has 1 saturated carbocycles. The van der Waals surface area contributed by atoms with E-state index in [0.29, 0.717) is 0 Å². The molecule has 110 valence electrons. The Morgan fingerprint density at radius 2 is 2.15 bits per heavy atom. The van der Waals surface area contributed by atoms with Gasteiger partial charge < -0.3 is 10.1 Å². The van der Waals surface area contributed by atoms with E-state index < -0.39 is 0 Å². The molecule has 2 nitrogen and oxygen atoms in total. The van der Waals surface area contributed by atoms with Crippen molar-refractivity contribution < 1.29 is 4.74 Å². The summed E-state index contributed by atoms with van der Waals surface area (Å²) in [5.74, 6) is 2.75. The van der Waals surface area contributed by atoms with Gasteiger partial charge in [0.15, 0.2) is 0 Å². The van der Waals surface area contributed by atoms with Crippen LogP contribution >= 0.6 is 11.6 Å². The fourth-order valence-electron chi connectivity index (χ4n) is 3.42. The molecular formula is C17H24ClNO. The predicted octanol–water partition coefficient (Wildman–Crippen LogP) is 3.84. The number of ether oxygens (including phenoxy) is 1. The predicted molar refractivity (Wildman–Crippen MR) is 83.7 cm³/mol. The minimum Gasteiger partial charge on any atom is -0.493 e. The summed E-state index contributed by atoms with van der Waals surface area (Å²) in [6.45, 7) is 5.34. The third kappa shape index (κ3) is 2.96. The Bertz CT molecular complexity index is 474. The van der Waals surface area contributed by atoms with Crippen LogP contribution in [0.25, 0.3) is 0 Å². The SMILES string of the molecule is CCCNCC1CCC1Cc1cc(Cl)cc2c1OCC2. The first-order valence-electron chi connectivity index (χ1n) is 7.92. The minimum absolute atomic E-state index is 0.797. The van der Waals surface area contributed by atoms with Gasteiger partial charge in [-0.1, -0.05) is 18.5 Å². The number of nitrogens with one attached hydrogen (secondary N) is 1. The second-order valence-corrected chi connectivity index (χ2v) is 6.59. The molecule has 1 fully saturated rings. The van der Waals surface area contributed by atoms with E-state index in [0.717, 1.165) is 48.6 Å². The Labute approximate surface area is 126 Å². The average molecular weight is 294 g/mol. The van der Waals surface area contributed by atoms with Crippen LogP contribution in [-0.4, -0.2) is 19.7 Å². The Kier molecular flexibility index (Phi) is 4.52. The maximum atomic E-state index is 6.24. The molecule has 3 heteroatoms. The summed E-state index contributed by atoms with van der Waals surface area (Å²) in [5, 5.41) is 4.42. The number of rotatable bonds is 6. The first-order valence-corrected chi connectivity index (χ1v) is 8.30. The fourth-order valence-corrected chi connectivity index (χ4v) is 3.68. The molecule has 2 atom stereocenters. The fraction of sp³-hybridized carbons (Fsp3) is 0.647. The first-order chi connectivity index (χ1) is 9.78. The van der Waals surface area contributed by atoms with Gasteiger partial charge in [0, 0.05) is 11.4 Å². The molecular weight excluding hydrogens is 270 g/mol. The van der Waals surface area contributed by atoms with E-state index in [-0.39, 0.29) is 0 Å². The van der Waals surface area contributed by atoms with Gasteiger partial charge in [0.2, 0.25) is 0 Å². The van der Waals surface area contributed by atoms with Crippen LogP contribution in [0.2, 0.25) is 5.02 Å². The normalized spacial score (nSPS) is 24.1. The van der Waals surface area contributed by atoms with Crippen LogP contribution < -0.4 is 10.1 Å². The van der Waals surface area contributed by atoms with Gasteiger partial charge in [-0.3, -0.25) is 0 Å². The van der Waals surface area contributed by atoms with Crippen molar-refractivity contribution in [3.05, 3.63) is 28.3 Å². The summed E-state index contributed by atoms with van der Waals surface area (Å²) in [6.07, 6.45) is 6.06. The Morgan fingerprint density at radius 3 is 2.90 bits per heavy atom. The number of hydrogen-bond acceptors (Lipinski definition) is 2. The molecule has 0 aromatic heterocycles. The van der Waals surface area contributed by atoms with Crippen molar-refractivity contribution in [2.24, 2.45) is 11.8 Å². The van der Waals surface area contributed by atoms with E-state index in [4.69, 9.17) is 16.3 Å². The molecule has 1 aliphatic heterocycles. The lowest BCUT2D eigenvalue weighted by Gasteiger charge is -2.37. The highest BCUT2D eigenvalue weighted by atomic mass is 35.5. The summed E-state index contributed by atoms with van der Waals surface area (Å²) in [4.78, 5) is 0. The van der Waals surface area contributed by atoms with E-state index >= 15 is 0 Å². The highest BCUT2D eigenvalue weighted by molar-refractivity contribution is 6.30. The van der Waals surface area contributed by atoms with Crippen LogP contribution in [0, 0.1) is 11.8 Å². The number of fused-ring (bicyclic) bond motifs is 1. The number of benzene rings is 1. The zero-order chi connectivity index (χ0) is 13.9. The molecule has 0 saturated heterocycles. The maximum absolute atomic E-state index is 6.24. The highest BCUT2D eigenvalue weighted by Gasteiger charge is 2.31.